The van der Waals surface area contributed by atoms with Crippen LogP contribution >= 0.6 is 0 Å². The van der Waals surface area contributed by atoms with Gasteiger partial charge in [-0.15, -0.1) is 17.5 Å². The van der Waals surface area contributed by atoms with Crippen molar-refractivity contribution in [1.82, 2.24) is 0 Å². The predicted octanol–water partition coefficient (Wildman–Crippen LogP) is 7.74. The minimum Gasteiger partial charge on any atom is -0.273 e. The molecule has 2 aromatic carbocycles. The molecule has 0 unspecified atom stereocenters. The summed E-state index contributed by atoms with van der Waals surface area (Å²) in [6.07, 6.45) is 11.0. The van der Waals surface area contributed by atoms with Crippen molar-refractivity contribution in [3.8, 4) is 11.1 Å². The van der Waals surface area contributed by atoms with E-state index in [2.05, 4.69) is 103 Å². The van der Waals surface area contributed by atoms with Crippen molar-refractivity contribution in [3.63, 3.8) is 0 Å². The van der Waals surface area contributed by atoms with Crippen LogP contribution in [0.5, 0.6) is 0 Å². The largest absolute Gasteiger partial charge is 0.273 e. The van der Waals surface area contributed by atoms with Crippen molar-refractivity contribution in [2.75, 3.05) is 0 Å². The molecule has 0 bridgehead atoms. The van der Waals surface area contributed by atoms with Gasteiger partial charge in [0, 0.05) is 0 Å². The zero-order valence-electron chi connectivity index (χ0n) is 20.0. The third-order valence-electron chi connectivity index (χ3n) is 5.05. The first kappa shape index (κ1) is 25.3. The molecule has 2 aliphatic carbocycles. The maximum atomic E-state index is 3.67. The van der Waals surface area contributed by atoms with Gasteiger partial charge in [-0.3, -0.25) is 6.08 Å². The van der Waals surface area contributed by atoms with E-state index in [-0.39, 0.29) is 16.3 Å². The normalized spacial score (nSPS) is 13.7. The molecular weight excluding hydrogens is 456 g/mol. The summed E-state index contributed by atoms with van der Waals surface area (Å²) in [5.74, 6) is 0. The van der Waals surface area contributed by atoms with Crippen LogP contribution in [-0.4, -0.2) is 5.43 Å². The second-order valence-corrected chi connectivity index (χ2v) is 19.7. The second-order valence-electron chi connectivity index (χ2n) is 10.3. The van der Waals surface area contributed by atoms with Gasteiger partial charge >= 0.3 is 41.9 Å². The van der Waals surface area contributed by atoms with Gasteiger partial charge in [-0.25, -0.2) is 12.2 Å². The fraction of sp³-hybridized carbons (Fsp3) is 0.429. The maximum absolute atomic E-state index is 3.67. The summed E-state index contributed by atoms with van der Waals surface area (Å²) in [5, 5.41) is 0. The quantitative estimate of drug-likeness (QED) is 0.223. The molecule has 0 nitrogen and oxygen atoms in total. The van der Waals surface area contributed by atoms with Crippen LogP contribution in [-0.2, 0) is 40.6 Å². The number of benzene rings is 2. The van der Waals surface area contributed by atoms with Crippen LogP contribution in [0.25, 0.3) is 11.1 Å². The summed E-state index contributed by atoms with van der Waals surface area (Å²) in [7, 11) is 0. The van der Waals surface area contributed by atoms with Crippen molar-refractivity contribution in [2.45, 2.75) is 78.3 Å². The summed E-state index contributed by atoms with van der Waals surface area (Å²) in [6.45, 7) is 18.2. The Bertz CT molecular complexity index is 874. The molecule has 2 aromatic rings. The Balaban J connectivity index is 0.000000297. The van der Waals surface area contributed by atoms with E-state index in [0.717, 1.165) is 12.8 Å². The van der Waals surface area contributed by atoms with Gasteiger partial charge in [0.05, 0.1) is 0 Å². The second kappa shape index (κ2) is 10.6. The molecule has 30 heavy (non-hydrogen) atoms. The molecule has 0 radical (unpaired) electrons. The molecule has 156 valence electrons. The van der Waals surface area contributed by atoms with Gasteiger partial charge in [0.1, 0.15) is 0 Å². The fourth-order valence-corrected chi connectivity index (χ4v) is 3.37. The zero-order valence-corrected chi connectivity index (χ0v) is 23.5. The van der Waals surface area contributed by atoms with Crippen molar-refractivity contribution in [3.05, 3.63) is 83.0 Å². The molecule has 0 N–H and O–H groups in total. The summed E-state index contributed by atoms with van der Waals surface area (Å²) in [5.41, 5.74) is 8.92. The molecule has 0 heterocycles. The van der Waals surface area contributed by atoms with E-state index in [1.165, 1.54) is 33.4 Å². The van der Waals surface area contributed by atoms with Crippen LogP contribution in [0.1, 0.15) is 70.2 Å². The molecule has 0 aliphatic heterocycles. The van der Waals surface area contributed by atoms with Crippen LogP contribution in [0, 0.1) is 12.1 Å². The van der Waals surface area contributed by atoms with E-state index in [9.17, 15) is 0 Å². The molecule has 2 aliphatic rings. The molecule has 0 amide bonds. The van der Waals surface area contributed by atoms with E-state index in [1.807, 2.05) is 12.2 Å². The monoisotopic (exact) mass is 490 g/mol. The van der Waals surface area contributed by atoms with E-state index < -0.39 is 0 Å². The third-order valence-corrected chi connectivity index (χ3v) is 5.05. The van der Waals surface area contributed by atoms with Crippen molar-refractivity contribution in [2.24, 2.45) is 0 Å². The molecule has 4 rings (SSSR count). The first-order valence-corrected chi connectivity index (χ1v) is 17.0. The predicted molar refractivity (Wildman–Crippen MR) is 130 cm³/mol. The molecule has 0 aromatic heterocycles. The Hall–Kier alpha value is -0.980. The van der Waals surface area contributed by atoms with Gasteiger partial charge in [0.2, 0.25) is 0 Å². The number of hydrogen-bond acceptors (Lipinski definition) is 0. The minimum atomic E-state index is 0.167. The number of hydrogen-bond donors (Lipinski definition) is 0. The minimum absolute atomic E-state index is 0.167. The topological polar surface area (TPSA) is 0 Å². The summed E-state index contributed by atoms with van der Waals surface area (Å²) >= 11 is 1.74. The Morgan fingerprint density at radius 1 is 0.900 bits per heavy atom. The fourth-order valence-electron chi connectivity index (χ4n) is 3.37. The number of fused-ring (bicyclic) bond motifs is 3. The first-order valence-electron chi connectivity index (χ1n) is 10.8. The van der Waals surface area contributed by atoms with Gasteiger partial charge in [0.25, 0.3) is 0 Å². The molecule has 0 saturated carbocycles. The summed E-state index contributed by atoms with van der Waals surface area (Å²) in [6, 6.07) is 15.2. The number of allylic oxidation sites excluding steroid dienone is 4. The Labute approximate surface area is 200 Å². The van der Waals surface area contributed by atoms with Gasteiger partial charge in [-0.2, -0.15) is 29.8 Å². The Kier molecular flexibility index (Phi) is 8.90. The van der Waals surface area contributed by atoms with Crippen LogP contribution in [0.15, 0.2) is 48.6 Å². The third kappa shape index (κ3) is 7.31. The maximum Gasteiger partial charge on any atom is -0.109 e. The first-order chi connectivity index (χ1) is 13.9. The Morgan fingerprint density at radius 3 is 2.00 bits per heavy atom. The average Bonchev–Trinajstić information content (AvgIpc) is 3.30. The van der Waals surface area contributed by atoms with E-state index in [0.29, 0.717) is 0 Å². The van der Waals surface area contributed by atoms with Crippen LogP contribution in [0.2, 0.25) is 13.1 Å². The van der Waals surface area contributed by atoms with Gasteiger partial charge < -0.3 is 0 Å². The van der Waals surface area contributed by atoms with E-state index >= 15 is 0 Å². The molecular formula is C28H36SiZr. The van der Waals surface area contributed by atoms with Gasteiger partial charge in [0.15, 0.2) is 0 Å². The SMILES string of the molecule is CC(C)(C)c1[c-]c2c(cc1)-c1ccc(C(C)(C)C)cc1C2.C[Si](C)=[Zr+2].[C-]1=CC=CC1. The molecule has 0 fully saturated rings. The molecule has 2 heteroatoms. The summed E-state index contributed by atoms with van der Waals surface area (Å²) < 4.78 is 0. The van der Waals surface area contributed by atoms with Crippen LogP contribution in [0.4, 0.5) is 0 Å². The summed E-state index contributed by atoms with van der Waals surface area (Å²) in [4.78, 5) is 0. The number of rotatable bonds is 0. The van der Waals surface area contributed by atoms with E-state index in [4.69, 9.17) is 0 Å². The van der Waals surface area contributed by atoms with Crippen molar-refractivity contribution in [1.29, 1.82) is 0 Å². The molecule has 0 saturated heterocycles. The van der Waals surface area contributed by atoms with Crippen LogP contribution in [0.3, 0.4) is 0 Å². The van der Waals surface area contributed by atoms with E-state index in [1.54, 1.807) is 23.3 Å². The zero-order chi connectivity index (χ0) is 22.5. The standard InChI is InChI=1S/C21H25.C5H5.C2H6Si.Zr/c1-20(2,3)16-7-9-18-14(12-16)11-15-13-17(21(4,5)6)8-10-19(15)18;1-2-4-5-3-1;1-3-2;/h7-10,12H,11H2,1-6H3;1-3H,4H2;1-2H3;/q2*-1;;+2. The smallest absolute Gasteiger partial charge is 0.109 e. The van der Waals surface area contributed by atoms with Crippen LogP contribution < -0.4 is 0 Å². The van der Waals surface area contributed by atoms with Gasteiger partial charge in [-0.05, 0) is 28.4 Å². The Morgan fingerprint density at radius 2 is 1.53 bits per heavy atom. The van der Waals surface area contributed by atoms with Crippen molar-refractivity contribution >= 4 is 5.43 Å². The van der Waals surface area contributed by atoms with Crippen molar-refractivity contribution < 1.29 is 23.3 Å². The average molecular weight is 492 g/mol. The van der Waals surface area contributed by atoms with Gasteiger partial charge in [-0.1, -0.05) is 65.3 Å². The molecule has 0 spiro atoms. The molecule has 0 atom stereocenters.